The number of nitrogens with one attached hydrogen (secondary N) is 1. The van der Waals surface area contributed by atoms with Crippen molar-refractivity contribution in [1.82, 2.24) is 19.4 Å². The zero-order valence-corrected chi connectivity index (χ0v) is 19.0. The van der Waals surface area contributed by atoms with Crippen LogP contribution in [-0.4, -0.2) is 48.0 Å². The lowest BCUT2D eigenvalue weighted by Gasteiger charge is -2.57. The van der Waals surface area contributed by atoms with E-state index in [9.17, 15) is 13.2 Å². The molecule has 2 heterocycles. The monoisotopic (exact) mass is 434 g/mol. The number of sulfonamides is 1. The Labute approximate surface area is 179 Å². The van der Waals surface area contributed by atoms with Crippen LogP contribution < -0.4 is 5.32 Å². The number of piperidine rings is 1. The van der Waals surface area contributed by atoms with E-state index in [-0.39, 0.29) is 23.3 Å². The predicted octanol–water partition coefficient (Wildman–Crippen LogP) is 2.46. The summed E-state index contributed by atoms with van der Waals surface area (Å²) in [5, 5.41) is 7.34. The van der Waals surface area contributed by atoms with Gasteiger partial charge in [0.2, 0.25) is 15.9 Å². The van der Waals surface area contributed by atoms with Crippen LogP contribution in [0.2, 0.25) is 0 Å². The highest BCUT2D eigenvalue weighted by molar-refractivity contribution is 7.89. The van der Waals surface area contributed by atoms with Crippen molar-refractivity contribution in [3.05, 3.63) is 11.9 Å². The smallest absolute Gasteiger partial charge is 0.246 e. The average Bonchev–Trinajstić information content (AvgIpc) is 3.04. The van der Waals surface area contributed by atoms with Crippen molar-refractivity contribution in [2.45, 2.75) is 63.2 Å². The Morgan fingerprint density at radius 3 is 2.40 bits per heavy atom. The van der Waals surface area contributed by atoms with E-state index >= 15 is 0 Å². The molecule has 4 saturated carbocycles. The molecule has 6 rings (SSSR count). The van der Waals surface area contributed by atoms with E-state index in [2.05, 4.69) is 10.4 Å². The topological polar surface area (TPSA) is 84.3 Å². The molecule has 1 N–H and O–H groups in total. The number of hydrogen-bond acceptors (Lipinski definition) is 4. The maximum atomic E-state index is 13.1. The summed E-state index contributed by atoms with van der Waals surface area (Å²) in [4.78, 5) is 13.3. The lowest BCUT2D eigenvalue weighted by Crippen LogP contribution is -2.52. The van der Waals surface area contributed by atoms with Crippen molar-refractivity contribution < 1.29 is 13.2 Å². The first kappa shape index (κ1) is 20.5. The quantitative estimate of drug-likeness (QED) is 0.772. The van der Waals surface area contributed by atoms with Gasteiger partial charge in [-0.3, -0.25) is 9.48 Å². The fraction of sp³-hybridized carbons (Fsp3) is 0.818. The van der Waals surface area contributed by atoms with Crippen LogP contribution in [0.1, 0.15) is 57.1 Å². The average molecular weight is 435 g/mol. The van der Waals surface area contributed by atoms with Gasteiger partial charge in [-0.15, -0.1) is 0 Å². The van der Waals surface area contributed by atoms with Crippen molar-refractivity contribution in [3.63, 3.8) is 0 Å². The number of rotatable bonds is 5. The molecule has 30 heavy (non-hydrogen) atoms. The number of carbonyl (C=O) groups is 1. The number of nitrogens with zero attached hydrogens (tertiary/aromatic N) is 3. The summed E-state index contributed by atoms with van der Waals surface area (Å²) in [5.74, 6) is 2.37. The molecular weight excluding hydrogens is 400 g/mol. The summed E-state index contributed by atoms with van der Waals surface area (Å²) in [6.07, 6.45) is 10.9. The van der Waals surface area contributed by atoms with E-state index in [0.29, 0.717) is 24.1 Å². The van der Waals surface area contributed by atoms with Crippen LogP contribution >= 0.6 is 0 Å². The lowest BCUT2D eigenvalue weighted by atomic mass is 9.49. The minimum atomic E-state index is -3.62. The Hall–Kier alpha value is -1.41. The third kappa shape index (κ3) is 3.49. The van der Waals surface area contributed by atoms with Gasteiger partial charge in [0.05, 0.1) is 17.8 Å². The van der Waals surface area contributed by atoms with Gasteiger partial charge in [0, 0.05) is 26.7 Å². The molecule has 0 spiro atoms. The highest BCUT2D eigenvalue weighted by Gasteiger charge is 2.51. The Balaban J connectivity index is 1.23. The van der Waals surface area contributed by atoms with Crippen LogP contribution in [0.3, 0.4) is 0 Å². The molecular formula is C22H34N4O3S. The van der Waals surface area contributed by atoms with Crippen LogP contribution in [0.25, 0.3) is 0 Å². The Kier molecular flexibility index (Phi) is 5.01. The second-order valence-corrected chi connectivity index (χ2v) is 12.5. The molecule has 4 bridgehead atoms. The molecule has 8 heteroatoms. The Morgan fingerprint density at radius 2 is 1.83 bits per heavy atom. The molecule has 7 nitrogen and oxygen atoms in total. The molecule has 5 aliphatic rings. The highest BCUT2D eigenvalue weighted by atomic mass is 32.2. The molecule has 166 valence electrons. The summed E-state index contributed by atoms with van der Waals surface area (Å²) >= 11 is 0. The summed E-state index contributed by atoms with van der Waals surface area (Å²) in [7, 11) is -1.88. The molecule has 1 atom stereocenters. The lowest BCUT2D eigenvalue weighted by molar-refractivity contribution is -0.128. The maximum absolute atomic E-state index is 13.1. The molecule has 1 aromatic rings. The van der Waals surface area contributed by atoms with Crippen molar-refractivity contribution >= 4 is 15.9 Å². The van der Waals surface area contributed by atoms with Crippen molar-refractivity contribution in [2.75, 3.05) is 19.6 Å². The molecule has 0 radical (unpaired) electrons. The minimum Gasteiger partial charge on any atom is -0.355 e. The predicted molar refractivity (Wildman–Crippen MR) is 113 cm³/mol. The fourth-order valence-electron chi connectivity index (χ4n) is 7.17. The first-order valence-electron chi connectivity index (χ1n) is 11.5. The van der Waals surface area contributed by atoms with Gasteiger partial charge in [0.15, 0.2) is 0 Å². The van der Waals surface area contributed by atoms with E-state index < -0.39 is 10.0 Å². The second kappa shape index (κ2) is 7.33. The van der Waals surface area contributed by atoms with Gasteiger partial charge in [-0.2, -0.15) is 9.40 Å². The van der Waals surface area contributed by atoms with E-state index in [1.54, 1.807) is 18.7 Å². The van der Waals surface area contributed by atoms with Crippen molar-refractivity contribution in [2.24, 2.45) is 36.1 Å². The second-order valence-electron chi connectivity index (χ2n) is 10.6. The number of hydrogen-bond donors (Lipinski definition) is 1. The Morgan fingerprint density at radius 1 is 1.20 bits per heavy atom. The Bertz CT molecular complexity index is 903. The number of aromatic nitrogens is 2. The van der Waals surface area contributed by atoms with Crippen molar-refractivity contribution in [3.8, 4) is 0 Å². The third-order valence-electron chi connectivity index (χ3n) is 8.37. The number of amides is 1. The van der Waals surface area contributed by atoms with Gasteiger partial charge in [0.25, 0.3) is 0 Å². The van der Waals surface area contributed by atoms with Gasteiger partial charge in [0.1, 0.15) is 4.90 Å². The van der Waals surface area contributed by atoms with Crippen LogP contribution in [0.5, 0.6) is 0 Å². The molecule has 0 aromatic carbocycles. The minimum absolute atomic E-state index is 0.0357. The molecule has 5 fully saturated rings. The van der Waals surface area contributed by atoms with E-state index in [1.165, 1.54) is 49.0 Å². The summed E-state index contributed by atoms with van der Waals surface area (Å²) in [6.45, 7) is 3.28. The molecule has 1 amide bonds. The first-order valence-corrected chi connectivity index (χ1v) is 13.0. The molecule has 1 aliphatic heterocycles. The number of carbonyl (C=O) groups excluding carboxylic acids is 1. The standard InChI is InChI=1S/C22H34N4O3S/c1-15-20(12-24-25(15)2)30(28,29)26-5-3-4-19(13-26)21(27)23-14-22-9-16-6-17(10-22)8-18(7-16)11-22/h12,16-19H,3-11,13-14H2,1-2H3,(H,23,27)/t16?,17?,18?,19-,22?/m0/s1. The first-order chi connectivity index (χ1) is 14.3. The largest absolute Gasteiger partial charge is 0.355 e. The molecule has 1 saturated heterocycles. The fourth-order valence-corrected chi connectivity index (χ4v) is 8.88. The van der Waals surface area contributed by atoms with Crippen LogP contribution in [0.4, 0.5) is 0 Å². The molecule has 1 aromatic heterocycles. The van der Waals surface area contributed by atoms with Gasteiger partial charge in [-0.25, -0.2) is 8.42 Å². The van der Waals surface area contributed by atoms with Crippen LogP contribution in [0.15, 0.2) is 11.1 Å². The van der Waals surface area contributed by atoms with Crippen LogP contribution in [0, 0.1) is 36.0 Å². The van der Waals surface area contributed by atoms with Crippen molar-refractivity contribution in [1.29, 1.82) is 0 Å². The third-order valence-corrected chi connectivity index (χ3v) is 10.3. The van der Waals surface area contributed by atoms with E-state index in [1.807, 2.05) is 0 Å². The summed E-state index contributed by atoms with van der Waals surface area (Å²) < 4.78 is 29.3. The maximum Gasteiger partial charge on any atom is 0.246 e. The van der Waals surface area contributed by atoms with E-state index in [0.717, 1.165) is 30.7 Å². The zero-order chi connectivity index (χ0) is 21.1. The van der Waals surface area contributed by atoms with Gasteiger partial charge < -0.3 is 5.32 Å². The highest BCUT2D eigenvalue weighted by Crippen LogP contribution is 2.59. The number of aryl methyl sites for hydroxylation is 1. The van der Waals surface area contributed by atoms with E-state index in [4.69, 9.17) is 0 Å². The molecule has 0 unspecified atom stereocenters. The SMILES string of the molecule is Cc1c(S(=O)(=O)N2CCC[C@H](C(=O)NCC34CC5CC(CC(C5)C3)C4)C2)cnn1C. The van der Waals surface area contributed by atoms with Crippen LogP contribution in [-0.2, 0) is 21.9 Å². The van der Waals surface area contributed by atoms with Gasteiger partial charge >= 0.3 is 0 Å². The normalized spacial score (nSPS) is 36.2. The van der Waals surface area contributed by atoms with Gasteiger partial charge in [-0.05, 0) is 81.5 Å². The van der Waals surface area contributed by atoms with Gasteiger partial charge in [-0.1, -0.05) is 0 Å². The zero-order valence-electron chi connectivity index (χ0n) is 18.1. The summed E-state index contributed by atoms with van der Waals surface area (Å²) in [6, 6.07) is 0. The molecule has 4 aliphatic carbocycles. The summed E-state index contributed by atoms with van der Waals surface area (Å²) in [5.41, 5.74) is 0.931.